The number of fused-ring (bicyclic) bond motifs is 1. The molecule has 12 heteroatoms. The molecule has 1 saturated heterocycles. The lowest BCUT2D eigenvalue weighted by Gasteiger charge is -2.33. The van der Waals surface area contributed by atoms with Crippen LogP contribution in [0.15, 0.2) is 76.6 Å². The largest absolute Gasteiger partial charge is 0.455 e. The Kier molecular flexibility index (Phi) is 8.46. The van der Waals surface area contributed by atoms with Crippen molar-refractivity contribution in [3.8, 4) is 11.3 Å². The van der Waals surface area contributed by atoms with E-state index in [1.165, 1.54) is 48.1 Å². The highest BCUT2D eigenvalue weighted by molar-refractivity contribution is 7.92. The second-order valence-electron chi connectivity index (χ2n) is 10.5. The average molecular weight is 626 g/mol. The van der Waals surface area contributed by atoms with Crippen molar-refractivity contribution >= 4 is 48.7 Å². The Balaban J connectivity index is 1.63. The molecule has 0 saturated carbocycles. The standard InChI is InChI=1S/C31H32FN3O6S2/c1-33-31(36)29-26-18-25(23-10-7-16-35(20-23)43(39,40)17-15-21-8-5-4-6-9-21)27(34(2)42(3,37)38)19-28(26)41-30(29)22-11-13-24(32)14-12-22/h4-6,8-9,11-15,17-19,23H,7,10,16,20H2,1-3H3,(H,33,36)/b17-15+/t23-/m0/s1. The van der Waals surface area contributed by atoms with E-state index in [2.05, 4.69) is 5.32 Å². The lowest BCUT2D eigenvalue weighted by molar-refractivity contribution is 0.0964. The van der Waals surface area contributed by atoms with E-state index < -0.39 is 31.8 Å². The first kappa shape index (κ1) is 30.5. The number of benzene rings is 3. The van der Waals surface area contributed by atoms with Crippen LogP contribution in [0.25, 0.3) is 28.4 Å². The number of rotatable bonds is 8. The Hall–Kier alpha value is -4.00. The maximum absolute atomic E-state index is 13.7. The minimum absolute atomic E-state index is 0.121. The third-order valence-electron chi connectivity index (χ3n) is 7.65. The zero-order valence-electron chi connectivity index (χ0n) is 23.9. The van der Waals surface area contributed by atoms with Crippen LogP contribution < -0.4 is 9.62 Å². The summed E-state index contributed by atoms with van der Waals surface area (Å²) in [4.78, 5) is 13.1. The van der Waals surface area contributed by atoms with Crippen molar-refractivity contribution in [2.45, 2.75) is 18.8 Å². The molecule has 1 fully saturated rings. The summed E-state index contributed by atoms with van der Waals surface area (Å²) in [5, 5.41) is 4.24. The third kappa shape index (κ3) is 6.36. The fourth-order valence-electron chi connectivity index (χ4n) is 5.32. The highest BCUT2D eigenvalue weighted by Gasteiger charge is 2.33. The molecule has 1 aromatic heterocycles. The number of carbonyl (C=O) groups excluding carboxylic acids is 1. The zero-order chi connectivity index (χ0) is 30.9. The predicted molar refractivity (Wildman–Crippen MR) is 166 cm³/mol. The van der Waals surface area contributed by atoms with Gasteiger partial charge in [-0.25, -0.2) is 21.2 Å². The van der Waals surface area contributed by atoms with Gasteiger partial charge in [0.25, 0.3) is 5.91 Å². The summed E-state index contributed by atoms with van der Waals surface area (Å²) >= 11 is 0. The van der Waals surface area contributed by atoms with Crippen molar-refractivity contribution in [1.82, 2.24) is 9.62 Å². The second kappa shape index (κ2) is 11.9. The van der Waals surface area contributed by atoms with Crippen LogP contribution in [0.2, 0.25) is 0 Å². The summed E-state index contributed by atoms with van der Waals surface area (Å²) in [6.07, 6.45) is 3.78. The summed E-state index contributed by atoms with van der Waals surface area (Å²) in [6.45, 7) is 0.441. The van der Waals surface area contributed by atoms with Crippen LogP contribution >= 0.6 is 0 Å². The summed E-state index contributed by atoms with van der Waals surface area (Å²) in [5.41, 5.74) is 2.59. The van der Waals surface area contributed by atoms with Gasteiger partial charge in [-0.2, -0.15) is 4.31 Å². The summed E-state index contributed by atoms with van der Waals surface area (Å²) < 4.78 is 74.4. The minimum Gasteiger partial charge on any atom is -0.455 e. The highest BCUT2D eigenvalue weighted by Crippen LogP contribution is 2.42. The van der Waals surface area contributed by atoms with Crippen molar-refractivity contribution in [3.63, 3.8) is 0 Å². The van der Waals surface area contributed by atoms with Gasteiger partial charge in [-0.3, -0.25) is 9.10 Å². The van der Waals surface area contributed by atoms with Crippen LogP contribution in [0.3, 0.4) is 0 Å². The smallest absolute Gasteiger partial charge is 0.255 e. The molecule has 1 atom stereocenters. The van der Waals surface area contributed by atoms with E-state index in [9.17, 15) is 26.0 Å². The summed E-state index contributed by atoms with van der Waals surface area (Å²) in [6, 6.07) is 17.9. The van der Waals surface area contributed by atoms with Gasteiger partial charge in [0.1, 0.15) is 17.2 Å². The third-order valence-corrected chi connectivity index (χ3v) is 10.4. The Labute approximate surface area is 250 Å². The van der Waals surface area contributed by atoms with E-state index >= 15 is 0 Å². The lowest BCUT2D eigenvalue weighted by Crippen LogP contribution is -2.38. The van der Waals surface area contributed by atoms with Crippen molar-refractivity contribution in [3.05, 3.63) is 94.6 Å². The molecule has 0 spiro atoms. The number of amides is 1. The Morgan fingerprint density at radius 3 is 2.42 bits per heavy atom. The number of halogens is 1. The first-order chi connectivity index (χ1) is 20.4. The molecule has 9 nitrogen and oxygen atoms in total. The molecule has 2 heterocycles. The fourth-order valence-corrected chi connectivity index (χ4v) is 7.11. The molecule has 5 rings (SSSR count). The van der Waals surface area contributed by atoms with E-state index in [0.717, 1.165) is 16.1 Å². The van der Waals surface area contributed by atoms with E-state index in [1.807, 2.05) is 30.3 Å². The number of nitrogens with zero attached hydrogens (tertiary/aromatic N) is 2. The number of carbonyl (C=O) groups is 1. The Morgan fingerprint density at radius 1 is 1.07 bits per heavy atom. The summed E-state index contributed by atoms with van der Waals surface area (Å²) in [5.74, 6) is -1.06. The molecule has 1 aliphatic heterocycles. The summed E-state index contributed by atoms with van der Waals surface area (Å²) in [7, 11) is -4.60. The van der Waals surface area contributed by atoms with Crippen molar-refractivity contribution < 1.29 is 30.4 Å². The second-order valence-corrected chi connectivity index (χ2v) is 14.3. The van der Waals surface area contributed by atoms with Crippen molar-refractivity contribution in [1.29, 1.82) is 0 Å². The lowest BCUT2D eigenvalue weighted by atomic mass is 9.89. The van der Waals surface area contributed by atoms with Gasteiger partial charge in [0.2, 0.25) is 20.0 Å². The first-order valence-electron chi connectivity index (χ1n) is 13.6. The molecule has 0 bridgehead atoms. The molecule has 3 aromatic carbocycles. The maximum Gasteiger partial charge on any atom is 0.255 e. The molecule has 226 valence electrons. The van der Waals surface area contributed by atoms with Crippen LogP contribution in [0.4, 0.5) is 10.1 Å². The van der Waals surface area contributed by atoms with Crippen molar-refractivity contribution in [2.75, 3.05) is 37.7 Å². The minimum atomic E-state index is -3.78. The van der Waals surface area contributed by atoms with Gasteiger partial charge < -0.3 is 9.73 Å². The molecular formula is C31H32FN3O6S2. The molecule has 1 N–H and O–H groups in total. The first-order valence-corrected chi connectivity index (χ1v) is 17.0. The van der Waals surface area contributed by atoms with E-state index in [1.54, 1.807) is 18.2 Å². The van der Waals surface area contributed by atoms with Gasteiger partial charge in [-0.1, -0.05) is 30.3 Å². The van der Waals surface area contributed by atoms with Crippen LogP contribution in [0, 0.1) is 5.82 Å². The number of sulfonamides is 2. The molecule has 0 unspecified atom stereocenters. The van der Waals surface area contributed by atoms with Crippen LogP contribution in [-0.4, -0.2) is 60.5 Å². The van der Waals surface area contributed by atoms with Gasteiger partial charge in [0.05, 0.1) is 17.5 Å². The molecule has 4 aromatic rings. The van der Waals surface area contributed by atoms with Crippen LogP contribution in [0.5, 0.6) is 0 Å². The molecule has 0 aliphatic carbocycles. The van der Waals surface area contributed by atoms with Gasteiger partial charge >= 0.3 is 0 Å². The topological polar surface area (TPSA) is 117 Å². The quantitative estimate of drug-likeness (QED) is 0.289. The predicted octanol–water partition coefficient (Wildman–Crippen LogP) is 5.17. The Bertz CT molecular complexity index is 1900. The molecule has 43 heavy (non-hydrogen) atoms. The average Bonchev–Trinajstić information content (AvgIpc) is 3.37. The number of hydrogen-bond acceptors (Lipinski definition) is 6. The number of hydrogen-bond donors (Lipinski definition) is 1. The van der Waals surface area contributed by atoms with E-state index in [0.29, 0.717) is 41.6 Å². The SMILES string of the molecule is CNC(=O)c1c(-c2ccc(F)cc2)oc2cc(N(C)S(C)(=O)=O)c([C@H]3CCCN(S(=O)(=O)/C=C/c4ccccc4)C3)cc12. The molecule has 0 radical (unpaired) electrons. The fraction of sp³-hybridized carbons (Fsp3) is 0.258. The van der Waals surface area contributed by atoms with E-state index in [4.69, 9.17) is 4.42 Å². The van der Waals surface area contributed by atoms with Gasteiger partial charge in [-0.05, 0) is 66.3 Å². The van der Waals surface area contributed by atoms with Crippen molar-refractivity contribution in [2.24, 2.45) is 0 Å². The zero-order valence-corrected chi connectivity index (χ0v) is 25.6. The molecular weight excluding hydrogens is 593 g/mol. The Morgan fingerprint density at radius 2 is 1.77 bits per heavy atom. The highest BCUT2D eigenvalue weighted by atomic mass is 32.2. The number of furan rings is 1. The van der Waals surface area contributed by atoms with Crippen LogP contribution in [0.1, 0.15) is 40.2 Å². The van der Waals surface area contributed by atoms with Crippen LogP contribution in [-0.2, 0) is 20.0 Å². The van der Waals surface area contributed by atoms with Gasteiger partial charge in [-0.15, -0.1) is 0 Å². The number of piperidine rings is 1. The van der Waals surface area contributed by atoms with Gasteiger partial charge in [0, 0.05) is 49.6 Å². The number of nitrogens with one attached hydrogen (secondary N) is 1. The van der Waals surface area contributed by atoms with Gasteiger partial charge in [0.15, 0.2) is 0 Å². The maximum atomic E-state index is 13.7. The number of anilines is 1. The van der Waals surface area contributed by atoms with E-state index in [-0.39, 0.29) is 29.4 Å². The normalized spacial score (nSPS) is 16.5. The molecule has 1 amide bonds. The molecule has 1 aliphatic rings. The monoisotopic (exact) mass is 625 g/mol.